The topological polar surface area (TPSA) is 37.3 Å². The molecule has 0 aliphatic heterocycles. The quantitative estimate of drug-likeness (QED) is 0.796. The van der Waals surface area contributed by atoms with Crippen LogP contribution in [0.1, 0.15) is 44.6 Å². The Bertz CT molecular complexity index is 383. The molecule has 0 saturated heterocycles. The van der Waals surface area contributed by atoms with Crippen molar-refractivity contribution < 1.29 is 9.90 Å². The highest BCUT2D eigenvalue weighted by Gasteiger charge is 2.44. The van der Waals surface area contributed by atoms with E-state index in [0.717, 1.165) is 31.2 Å². The lowest BCUT2D eigenvalue weighted by atomic mass is 9.70. The van der Waals surface area contributed by atoms with Crippen molar-refractivity contribution >= 4 is 5.78 Å². The van der Waals surface area contributed by atoms with Crippen LogP contribution in [0.2, 0.25) is 0 Å². The average molecular weight is 232 g/mol. The van der Waals surface area contributed by atoms with Gasteiger partial charge in [-0.2, -0.15) is 0 Å². The van der Waals surface area contributed by atoms with Gasteiger partial charge in [-0.3, -0.25) is 4.79 Å². The zero-order chi connectivity index (χ0) is 12.3. The number of benzene rings is 1. The van der Waals surface area contributed by atoms with Gasteiger partial charge in [0.15, 0.2) is 0 Å². The summed E-state index contributed by atoms with van der Waals surface area (Å²) in [7, 11) is 0. The Kier molecular flexibility index (Phi) is 3.63. The van der Waals surface area contributed by atoms with Crippen LogP contribution in [0.25, 0.3) is 0 Å². The third-order valence-corrected chi connectivity index (χ3v) is 3.97. The summed E-state index contributed by atoms with van der Waals surface area (Å²) in [6, 6.07) is 9.77. The van der Waals surface area contributed by atoms with Crippen LogP contribution in [0.15, 0.2) is 30.3 Å². The summed E-state index contributed by atoms with van der Waals surface area (Å²) in [5, 5.41) is 10.2. The molecule has 1 aliphatic carbocycles. The molecule has 17 heavy (non-hydrogen) atoms. The second kappa shape index (κ2) is 5.01. The van der Waals surface area contributed by atoms with E-state index >= 15 is 0 Å². The van der Waals surface area contributed by atoms with Crippen LogP contribution in [0.4, 0.5) is 0 Å². The maximum absolute atomic E-state index is 12.4. The number of aliphatic hydroxyl groups excluding tert-OH is 1. The van der Waals surface area contributed by atoms with Crippen molar-refractivity contribution in [2.45, 2.75) is 50.5 Å². The lowest BCUT2D eigenvalue weighted by Crippen LogP contribution is -2.44. The van der Waals surface area contributed by atoms with Crippen LogP contribution in [0.5, 0.6) is 0 Å². The standard InChI is InChI=1S/C15H20O2/c1-12(16)15(13-8-4-2-5-9-13)11-7-3-6-10-14(15)17/h2,4-5,8-9,12,16H,3,6-7,10-11H2,1H3/t12-,15+/m1/s1. The number of carbonyl (C=O) groups excluding carboxylic acids is 1. The largest absolute Gasteiger partial charge is 0.392 e. The molecule has 92 valence electrons. The van der Waals surface area contributed by atoms with Gasteiger partial charge in [-0.25, -0.2) is 0 Å². The molecule has 1 aromatic carbocycles. The Hall–Kier alpha value is -1.15. The summed E-state index contributed by atoms with van der Waals surface area (Å²) < 4.78 is 0. The number of Topliss-reactive ketones (excluding diaryl/α,β-unsaturated/α-hetero) is 1. The van der Waals surface area contributed by atoms with E-state index < -0.39 is 11.5 Å². The van der Waals surface area contributed by atoms with Crippen LogP contribution in [0.3, 0.4) is 0 Å². The van der Waals surface area contributed by atoms with Gasteiger partial charge in [0.2, 0.25) is 0 Å². The monoisotopic (exact) mass is 232 g/mol. The summed E-state index contributed by atoms with van der Waals surface area (Å²) in [6.45, 7) is 1.75. The Balaban J connectivity index is 2.47. The van der Waals surface area contributed by atoms with Gasteiger partial charge < -0.3 is 5.11 Å². The fourth-order valence-corrected chi connectivity index (χ4v) is 2.95. The molecule has 2 atom stereocenters. The zero-order valence-electron chi connectivity index (χ0n) is 10.4. The molecule has 0 heterocycles. The van der Waals surface area contributed by atoms with E-state index in [4.69, 9.17) is 0 Å². The fraction of sp³-hybridized carbons (Fsp3) is 0.533. The third kappa shape index (κ3) is 2.14. The van der Waals surface area contributed by atoms with Crippen molar-refractivity contribution in [3.63, 3.8) is 0 Å². The molecular formula is C15H20O2. The van der Waals surface area contributed by atoms with Crippen molar-refractivity contribution in [2.75, 3.05) is 0 Å². The van der Waals surface area contributed by atoms with E-state index in [0.29, 0.717) is 6.42 Å². The molecule has 1 saturated carbocycles. The first-order valence-corrected chi connectivity index (χ1v) is 6.45. The molecular weight excluding hydrogens is 212 g/mol. The molecule has 2 heteroatoms. The highest BCUT2D eigenvalue weighted by atomic mass is 16.3. The van der Waals surface area contributed by atoms with Crippen LogP contribution >= 0.6 is 0 Å². The molecule has 0 spiro atoms. The summed E-state index contributed by atoms with van der Waals surface area (Å²) in [5.74, 6) is 0.205. The summed E-state index contributed by atoms with van der Waals surface area (Å²) in [4.78, 5) is 12.4. The highest BCUT2D eigenvalue weighted by molar-refractivity contribution is 5.91. The number of hydrogen-bond donors (Lipinski definition) is 1. The first-order chi connectivity index (χ1) is 8.18. The lowest BCUT2D eigenvalue weighted by molar-refractivity contribution is -0.128. The zero-order valence-corrected chi connectivity index (χ0v) is 10.4. The Morgan fingerprint density at radius 1 is 1.18 bits per heavy atom. The second-order valence-corrected chi connectivity index (χ2v) is 5.00. The van der Waals surface area contributed by atoms with E-state index in [9.17, 15) is 9.90 Å². The Morgan fingerprint density at radius 2 is 1.88 bits per heavy atom. The van der Waals surface area contributed by atoms with Crippen molar-refractivity contribution in [1.29, 1.82) is 0 Å². The van der Waals surface area contributed by atoms with Crippen LogP contribution in [0, 0.1) is 0 Å². The molecule has 1 N–H and O–H groups in total. The Morgan fingerprint density at radius 3 is 2.53 bits per heavy atom. The predicted molar refractivity (Wildman–Crippen MR) is 67.9 cm³/mol. The normalized spacial score (nSPS) is 27.5. The first-order valence-electron chi connectivity index (χ1n) is 6.45. The van der Waals surface area contributed by atoms with Crippen molar-refractivity contribution in [3.8, 4) is 0 Å². The lowest BCUT2D eigenvalue weighted by Gasteiger charge is -2.34. The minimum Gasteiger partial charge on any atom is -0.392 e. The third-order valence-electron chi connectivity index (χ3n) is 3.97. The number of rotatable bonds is 2. The maximum atomic E-state index is 12.4. The minimum absolute atomic E-state index is 0.205. The SMILES string of the molecule is C[C@@H](O)[C@]1(c2ccccc2)CCCCCC1=O. The minimum atomic E-state index is -0.669. The summed E-state index contributed by atoms with van der Waals surface area (Å²) >= 11 is 0. The van der Waals surface area contributed by atoms with Crippen LogP contribution in [-0.4, -0.2) is 17.0 Å². The summed E-state index contributed by atoms with van der Waals surface area (Å²) in [6.07, 6.45) is 3.82. The van der Waals surface area contributed by atoms with Crippen molar-refractivity contribution in [2.24, 2.45) is 0 Å². The Labute approximate surface area is 103 Å². The molecule has 0 bridgehead atoms. The highest BCUT2D eigenvalue weighted by Crippen LogP contribution is 2.38. The molecule has 0 radical (unpaired) electrons. The van der Waals surface area contributed by atoms with Crippen LogP contribution < -0.4 is 0 Å². The van der Waals surface area contributed by atoms with E-state index in [1.54, 1.807) is 6.92 Å². The predicted octanol–water partition coefficient (Wildman–Crippen LogP) is 2.84. The van der Waals surface area contributed by atoms with Gasteiger partial charge in [-0.05, 0) is 25.3 Å². The number of aliphatic hydroxyl groups is 1. The van der Waals surface area contributed by atoms with E-state index in [1.165, 1.54) is 0 Å². The van der Waals surface area contributed by atoms with E-state index in [-0.39, 0.29) is 5.78 Å². The van der Waals surface area contributed by atoms with Gasteiger partial charge >= 0.3 is 0 Å². The van der Waals surface area contributed by atoms with Gasteiger partial charge in [-0.15, -0.1) is 0 Å². The van der Waals surface area contributed by atoms with Gasteiger partial charge in [-0.1, -0.05) is 43.2 Å². The second-order valence-electron chi connectivity index (χ2n) is 5.00. The molecule has 0 aromatic heterocycles. The molecule has 2 nitrogen and oxygen atoms in total. The fourth-order valence-electron chi connectivity index (χ4n) is 2.95. The smallest absolute Gasteiger partial charge is 0.145 e. The molecule has 0 unspecified atom stereocenters. The molecule has 0 amide bonds. The number of carbonyl (C=O) groups is 1. The van der Waals surface area contributed by atoms with Crippen molar-refractivity contribution in [3.05, 3.63) is 35.9 Å². The number of ketones is 1. The maximum Gasteiger partial charge on any atom is 0.145 e. The van der Waals surface area contributed by atoms with E-state index in [2.05, 4.69) is 0 Å². The first kappa shape index (κ1) is 12.3. The molecule has 1 aliphatic rings. The van der Waals surface area contributed by atoms with E-state index in [1.807, 2.05) is 30.3 Å². The van der Waals surface area contributed by atoms with Gasteiger partial charge in [0.1, 0.15) is 5.78 Å². The summed E-state index contributed by atoms with van der Waals surface area (Å²) in [5.41, 5.74) is 0.305. The average Bonchev–Trinajstić information content (AvgIpc) is 2.53. The number of hydrogen-bond acceptors (Lipinski definition) is 2. The van der Waals surface area contributed by atoms with Gasteiger partial charge in [0, 0.05) is 6.42 Å². The van der Waals surface area contributed by atoms with Gasteiger partial charge in [0.05, 0.1) is 11.5 Å². The molecule has 1 fully saturated rings. The van der Waals surface area contributed by atoms with Crippen molar-refractivity contribution in [1.82, 2.24) is 0 Å². The van der Waals surface area contributed by atoms with Gasteiger partial charge in [0.25, 0.3) is 0 Å². The molecule has 1 aromatic rings. The molecule has 2 rings (SSSR count). The van der Waals surface area contributed by atoms with Crippen LogP contribution in [-0.2, 0) is 10.2 Å².